The zero-order chi connectivity index (χ0) is 13.0. The molecule has 98 valence electrons. The summed E-state index contributed by atoms with van der Waals surface area (Å²) in [7, 11) is 0. The maximum Gasteiger partial charge on any atom is 0.335 e. The van der Waals surface area contributed by atoms with Crippen LogP contribution in [-0.2, 0) is 9.47 Å². The topological polar surface area (TPSA) is 55.8 Å². The molecule has 0 aliphatic carbocycles. The highest BCUT2D eigenvalue weighted by atomic mass is 32.2. The van der Waals surface area contributed by atoms with Crippen LogP contribution in [0.4, 0.5) is 0 Å². The highest BCUT2D eigenvalue weighted by Crippen LogP contribution is 2.24. The summed E-state index contributed by atoms with van der Waals surface area (Å²) in [5.74, 6) is -0.0527. The van der Waals surface area contributed by atoms with Gasteiger partial charge in [-0.05, 0) is 31.0 Å². The number of benzene rings is 1. The number of thioether (sulfide) groups is 1. The Hall–Kier alpha value is -1.04. The van der Waals surface area contributed by atoms with Crippen molar-refractivity contribution in [2.75, 3.05) is 19.2 Å². The molecule has 1 N–H and O–H groups in total. The number of carboxylic acids is 1. The molecule has 4 nitrogen and oxygen atoms in total. The number of carboxylic acid groups (broad SMARTS) is 1. The third-order valence-electron chi connectivity index (χ3n) is 2.85. The number of hydrogen-bond donors (Lipinski definition) is 1. The van der Waals surface area contributed by atoms with Crippen molar-refractivity contribution >= 4 is 17.7 Å². The van der Waals surface area contributed by atoms with Gasteiger partial charge in [-0.1, -0.05) is 6.07 Å². The summed E-state index contributed by atoms with van der Waals surface area (Å²) in [4.78, 5) is 12.0. The number of aryl methyl sites for hydroxylation is 1. The summed E-state index contributed by atoms with van der Waals surface area (Å²) in [6.45, 7) is 2.90. The van der Waals surface area contributed by atoms with Crippen LogP contribution in [0.1, 0.15) is 22.3 Å². The lowest BCUT2D eigenvalue weighted by atomic mass is 10.1. The van der Waals surface area contributed by atoms with Crippen LogP contribution < -0.4 is 0 Å². The van der Waals surface area contributed by atoms with Crippen molar-refractivity contribution in [3.05, 3.63) is 29.3 Å². The second kappa shape index (κ2) is 6.22. The summed E-state index contributed by atoms with van der Waals surface area (Å²) in [6.07, 6.45) is 1.09. The number of hydrogen-bond acceptors (Lipinski definition) is 4. The molecule has 1 aromatic carbocycles. The standard InChI is InChI=1S/C13H16O4S/c1-9-2-3-11(6-12(9)13(14)15)18-7-10-4-5-16-8-17-10/h2-3,6,10H,4-5,7-8H2,1H3,(H,14,15). The van der Waals surface area contributed by atoms with Gasteiger partial charge in [0.05, 0.1) is 18.3 Å². The molecule has 0 bridgehead atoms. The van der Waals surface area contributed by atoms with Gasteiger partial charge >= 0.3 is 5.97 Å². The van der Waals surface area contributed by atoms with Crippen molar-refractivity contribution in [1.82, 2.24) is 0 Å². The van der Waals surface area contributed by atoms with Crippen LogP contribution in [0.25, 0.3) is 0 Å². The third-order valence-corrected chi connectivity index (χ3v) is 3.97. The Kier molecular flexibility index (Phi) is 4.63. The zero-order valence-corrected chi connectivity index (χ0v) is 11.0. The SMILES string of the molecule is Cc1ccc(SCC2CCOCO2)cc1C(=O)O. The monoisotopic (exact) mass is 268 g/mol. The molecule has 0 saturated carbocycles. The van der Waals surface area contributed by atoms with Gasteiger partial charge in [0.15, 0.2) is 0 Å². The molecule has 1 unspecified atom stereocenters. The van der Waals surface area contributed by atoms with Crippen molar-refractivity contribution in [2.24, 2.45) is 0 Å². The van der Waals surface area contributed by atoms with Gasteiger partial charge in [0, 0.05) is 10.6 Å². The summed E-state index contributed by atoms with van der Waals surface area (Å²) in [5, 5.41) is 9.06. The van der Waals surface area contributed by atoms with E-state index in [4.69, 9.17) is 14.6 Å². The molecule has 0 amide bonds. The highest BCUT2D eigenvalue weighted by Gasteiger charge is 2.15. The van der Waals surface area contributed by atoms with Gasteiger partial charge in [0.1, 0.15) is 6.79 Å². The molecule has 1 heterocycles. The van der Waals surface area contributed by atoms with Crippen molar-refractivity contribution < 1.29 is 19.4 Å². The normalized spacial score (nSPS) is 19.7. The zero-order valence-electron chi connectivity index (χ0n) is 10.2. The molecule has 1 saturated heterocycles. The minimum Gasteiger partial charge on any atom is -0.478 e. The Bertz CT molecular complexity index is 427. The van der Waals surface area contributed by atoms with Crippen LogP contribution in [0, 0.1) is 6.92 Å². The molecular formula is C13H16O4S. The van der Waals surface area contributed by atoms with Crippen molar-refractivity contribution in [2.45, 2.75) is 24.3 Å². The van der Waals surface area contributed by atoms with Gasteiger partial charge < -0.3 is 14.6 Å². The smallest absolute Gasteiger partial charge is 0.335 e. The summed E-state index contributed by atoms with van der Waals surface area (Å²) in [6, 6.07) is 5.52. The largest absolute Gasteiger partial charge is 0.478 e. The molecule has 1 aliphatic heterocycles. The second-order valence-corrected chi connectivity index (χ2v) is 5.29. The van der Waals surface area contributed by atoms with E-state index < -0.39 is 5.97 Å². The molecule has 5 heteroatoms. The molecular weight excluding hydrogens is 252 g/mol. The van der Waals surface area contributed by atoms with E-state index in [1.807, 2.05) is 12.1 Å². The lowest BCUT2D eigenvalue weighted by Crippen LogP contribution is -2.25. The van der Waals surface area contributed by atoms with E-state index in [1.165, 1.54) is 0 Å². The van der Waals surface area contributed by atoms with E-state index in [-0.39, 0.29) is 6.10 Å². The van der Waals surface area contributed by atoms with Crippen LogP contribution in [0.3, 0.4) is 0 Å². The van der Waals surface area contributed by atoms with E-state index in [2.05, 4.69) is 0 Å². The van der Waals surface area contributed by atoms with Crippen LogP contribution in [-0.4, -0.2) is 36.3 Å². The fourth-order valence-corrected chi connectivity index (χ4v) is 2.75. The number of ether oxygens (including phenoxy) is 2. The maximum absolute atomic E-state index is 11.0. The molecule has 18 heavy (non-hydrogen) atoms. The fraction of sp³-hybridized carbons (Fsp3) is 0.462. The molecule has 0 aromatic heterocycles. The van der Waals surface area contributed by atoms with Gasteiger partial charge in [-0.15, -0.1) is 11.8 Å². The summed E-state index contributed by atoms with van der Waals surface area (Å²) < 4.78 is 10.6. The van der Waals surface area contributed by atoms with Crippen molar-refractivity contribution in [1.29, 1.82) is 0 Å². The van der Waals surface area contributed by atoms with Gasteiger partial charge in [-0.3, -0.25) is 0 Å². The van der Waals surface area contributed by atoms with Gasteiger partial charge in [0.2, 0.25) is 0 Å². The molecule has 1 aliphatic rings. The number of rotatable bonds is 4. The molecule has 1 fully saturated rings. The van der Waals surface area contributed by atoms with E-state index in [9.17, 15) is 4.79 Å². The summed E-state index contributed by atoms with van der Waals surface area (Å²) >= 11 is 1.62. The van der Waals surface area contributed by atoms with Gasteiger partial charge in [-0.2, -0.15) is 0 Å². The number of aromatic carboxylic acids is 1. The predicted molar refractivity (Wildman–Crippen MR) is 69.2 cm³/mol. The quantitative estimate of drug-likeness (QED) is 0.850. The Morgan fingerprint density at radius 3 is 3.06 bits per heavy atom. The van der Waals surface area contributed by atoms with Crippen LogP contribution in [0.15, 0.2) is 23.1 Å². The minimum absolute atomic E-state index is 0.193. The summed E-state index contributed by atoms with van der Waals surface area (Å²) in [5.41, 5.74) is 1.15. The average Bonchev–Trinajstić information content (AvgIpc) is 2.38. The molecule has 2 rings (SSSR count). The van der Waals surface area contributed by atoms with E-state index >= 15 is 0 Å². The van der Waals surface area contributed by atoms with Crippen molar-refractivity contribution in [3.8, 4) is 0 Å². The van der Waals surface area contributed by atoms with Crippen LogP contribution in [0.2, 0.25) is 0 Å². The molecule has 1 aromatic rings. The third kappa shape index (κ3) is 3.48. The first-order valence-corrected chi connectivity index (χ1v) is 6.81. The Morgan fingerprint density at radius 1 is 1.56 bits per heavy atom. The predicted octanol–water partition coefficient (Wildman–Crippen LogP) is 2.55. The second-order valence-electron chi connectivity index (χ2n) is 4.20. The maximum atomic E-state index is 11.0. The van der Waals surface area contributed by atoms with Crippen molar-refractivity contribution in [3.63, 3.8) is 0 Å². The number of carbonyl (C=O) groups is 1. The Morgan fingerprint density at radius 2 is 2.39 bits per heavy atom. The fourth-order valence-electron chi connectivity index (χ4n) is 1.74. The van der Waals surface area contributed by atoms with Gasteiger partial charge in [-0.25, -0.2) is 4.79 Å². The molecule has 1 atom stereocenters. The Balaban J connectivity index is 1.96. The average molecular weight is 268 g/mol. The van der Waals surface area contributed by atoms with Crippen LogP contribution >= 0.6 is 11.8 Å². The van der Waals surface area contributed by atoms with Gasteiger partial charge in [0.25, 0.3) is 0 Å². The lowest BCUT2D eigenvalue weighted by Gasteiger charge is -2.22. The Labute approximate surface area is 110 Å². The van der Waals surface area contributed by atoms with E-state index in [0.29, 0.717) is 12.4 Å². The molecule has 0 spiro atoms. The first-order chi connectivity index (χ1) is 8.66. The minimum atomic E-state index is -0.878. The van der Waals surface area contributed by atoms with Crippen LogP contribution in [0.5, 0.6) is 0 Å². The molecule has 0 radical (unpaired) electrons. The lowest BCUT2D eigenvalue weighted by molar-refractivity contribution is -0.130. The first kappa shape index (κ1) is 13.4. The highest BCUT2D eigenvalue weighted by molar-refractivity contribution is 7.99. The van der Waals surface area contributed by atoms with E-state index in [0.717, 1.165) is 29.2 Å². The van der Waals surface area contributed by atoms with E-state index in [1.54, 1.807) is 24.8 Å². The first-order valence-electron chi connectivity index (χ1n) is 5.83.